The van der Waals surface area contributed by atoms with E-state index in [1.54, 1.807) is 0 Å². The number of amides is 1. The number of rotatable bonds is 4. The van der Waals surface area contributed by atoms with Gasteiger partial charge in [-0.25, -0.2) is 18.3 Å². The Hall–Kier alpha value is -4.10. The first-order valence-corrected chi connectivity index (χ1v) is 12.4. The molecule has 2 aliphatic carbocycles. The number of pyridine rings is 1. The summed E-state index contributed by atoms with van der Waals surface area (Å²) in [5, 5.41) is 14.0. The van der Waals surface area contributed by atoms with E-state index in [0.717, 1.165) is 16.8 Å². The Morgan fingerprint density at radius 3 is 2.75 bits per heavy atom. The molecule has 0 unspecified atom stereocenters. The second kappa shape index (κ2) is 8.45. The van der Waals surface area contributed by atoms with E-state index in [1.165, 1.54) is 24.4 Å². The number of nitrogens with two attached hydrogens (primary N) is 1. The van der Waals surface area contributed by atoms with Crippen molar-refractivity contribution in [1.82, 2.24) is 24.5 Å². The standard InChI is InChI=1S/C27H22F4N6O3/c1-36-17-6-14(19-13(25(36)39)3-2-4-18(19)40-26(30)31)20-22(17)35-37-10-16(29)21(34-24(20)37)11-5-15(28)23(33-9-11)27(32)7-12(38)8-27/h2-5,9-10,12,14,17,26,38H,6-8,32H2,1H3/t12?,14-,17-,27?/m1/s1/i1D3. The summed E-state index contributed by atoms with van der Waals surface area (Å²) in [6.45, 7) is -6.17. The molecule has 1 fully saturated rings. The predicted octanol–water partition coefficient (Wildman–Crippen LogP) is 3.64. The van der Waals surface area contributed by atoms with Crippen LogP contribution in [0.3, 0.4) is 0 Å². The number of hydrogen-bond acceptors (Lipinski definition) is 7. The van der Waals surface area contributed by atoms with Gasteiger partial charge in [-0.05, 0) is 37.5 Å². The van der Waals surface area contributed by atoms with Gasteiger partial charge in [0.15, 0.2) is 11.5 Å². The number of aromatic nitrogens is 4. The Morgan fingerprint density at radius 1 is 1.25 bits per heavy atom. The lowest BCUT2D eigenvalue weighted by atomic mass is 9.72. The zero-order chi connectivity index (χ0) is 30.6. The second-order valence-corrected chi connectivity index (χ2v) is 10.4. The molecule has 3 N–H and O–H groups in total. The first kappa shape index (κ1) is 21.7. The highest BCUT2D eigenvalue weighted by molar-refractivity contribution is 5.98. The van der Waals surface area contributed by atoms with Gasteiger partial charge >= 0.3 is 6.61 Å². The van der Waals surface area contributed by atoms with Crippen molar-refractivity contribution in [1.29, 1.82) is 0 Å². The topological polar surface area (TPSA) is 119 Å². The molecule has 13 heteroatoms. The highest BCUT2D eigenvalue weighted by atomic mass is 19.3. The third-order valence-electron chi connectivity index (χ3n) is 7.93. The van der Waals surface area contributed by atoms with E-state index in [1.807, 2.05) is 0 Å². The van der Waals surface area contributed by atoms with Gasteiger partial charge in [-0.3, -0.25) is 9.78 Å². The van der Waals surface area contributed by atoms with E-state index in [2.05, 4.69) is 15.1 Å². The summed E-state index contributed by atoms with van der Waals surface area (Å²) in [7, 11) is 0. The number of halogens is 4. The SMILES string of the molecule is [2H]C([2H])([2H])N1C(=O)c2cccc(OC(F)F)c2[C@H]2C[C@@H]1c1nn3cc(F)c(-c4cnc(C5(N)CC(O)C5)c(F)c4)nc3c12. The molecule has 4 aromatic rings. The van der Waals surface area contributed by atoms with E-state index in [9.17, 15) is 18.7 Å². The first-order chi connectivity index (χ1) is 20.3. The quantitative estimate of drug-likeness (QED) is 0.368. The molecule has 3 aliphatic rings. The molecule has 1 aromatic carbocycles. The molecule has 40 heavy (non-hydrogen) atoms. The summed E-state index contributed by atoms with van der Waals surface area (Å²) in [6, 6.07) is 3.82. The lowest BCUT2D eigenvalue weighted by Gasteiger charge is -2.41. The highest BCUT2D eigenvalue weighted by Gasteiger charge is 2.47. The van der Waals surface area contributed by atoms with Crippen LogP contribution < -0.4 is 10.5 Å². The molecule has 1 saturated carbocycles. The number of hydrogen-bond donors (Lipinski definition) is 2. The molecule has 2 atom stereocenters. The molecule has 2 bridgehead atoms. The fourth-order valence-electron chi connectivity index (χ4n) is 6.18. The average molecular weight is 558 g/mol. The van der Waals surface area contributed by atoms with Crippen LogP contribution in [-0.4, -0.2) is 55.2 Å². The molecular weight excluding hydrogens is 532 g/mol. The summed E-state index contributed by atoms with van der Waals surface area (Å²) < 4.78 is 87.5. The number of ether oxygens (including phenoxy) is 1. The van der Waals surface area contributed by atoms with Gasteiger partial charge in [-0.15, -0.1) is 0 Å². The van der Waals surface area contributed by atoms with Gasteiger partial charge < -0.3 is 20.5 Å². The Bertz CT molecular complexity index is 1830. The van der Waals surface area contributed by atoms with Gasteiger partial charge in [0.2, 0.25) is 0 Å². The van der Waals surface area contributed by atoms with Gasteiger partial charge in [0.1, 0.15) is 17.3 Å². The van der Waals surface area contributed by atoms with Gasteiger partial charge in [-0.1, -0.05) is 6.07 Å². The minimum atomic E-state index is -3.23. The monoisotopic (exact) mass is 557 g/mol. The van der Waals surface area contributed by atoms with Crippen LogP contribution in [0.15, 0.2) is 36.7 Å². The fourth-order valence-corrected chi connectivity index (χ4v) is 6.18. The van der Waals surface area contributed by atoms with Crippen molar-refractivity contribution in [3.05, 3.63) is 76.4 Å². The maximum atomic E-state index is 15.4. The molecule has 0 radical (unpaired) electrons. The summed E-state index contributed by atoms with van der Waals surface area (Å²) in [4.78, 5) is 22.8. The Labute approximate surface area is 228 Å². The highest BCUT2D eigenvalue weighted by Crippen LogP contribution is 2.53. The first-order valence-electron chi connectivity index (χ1n) is 13.9. The van der Waals surface area contributed by atoms with Crippen LogP contribution >= 0.6 is 0 Å². The molecule has 1 aliphatic heterocycles. The molecule has 4 heterocycles. The number of carbonyl (C=O) groups is 1. The van der Waals surface area contributed by atoms with Crippen molar-refractivity contribution in [2.75, 3.05) is 6.98 Å². The molecular formula is C27H22F4N6O3. The Balaban J connectivity index is 1.42. The molecule has 1 amide bonds. The molecule has 0 saturated heterocycles. The van der Waals surface area contributed by atoms with Crippen LogP contribution in [0.1, 0.15) is 68.2 Å². The zero-order valence-corrected chi connectivity index (χ0v) is 20.5. The van der Waals surface area contributed by atoms with E-state index < -0.39 is 54.7 Å². The Kier molecular flexibility index (Phi) is 4.58. The molecule has 0 spiro atoms. The fraction of sp³-hybridized carbons (Fsp3) is 0.333. The molecule has 3 aromatic heterocycles. The largest absolute Gasteiger partial charge is 0.434 e. The summed E-state index contributed by atoms with van der Waals surface area (Å²) in [5.74, 6) is -3.82. The average Bonchev–Trinajstić information content (AvgIpc) is 3.38. The van der Waals surface area contributed by atoms with Gasteiger partial charge in [0, 0.05) is 45.5 Å². The van der Waals surface area contributed by atoms with Crippen molar-refractivity contribution in [2.24, 2.45) is 5.73 Å². The third kappa shape index (κ3) is 3.47. The van der Waals surface area contributed by atoms with E-state index >= 15 is 8.78 Å². The number of nitrogens with zero attached hydrogens (tertiary/aromatic N) is 5. The number of alkyl halides is 2. The lowest BCUT2D eigenvalue weighted by Crippen LogP contribution is -2.52. The Morgan fingerprint density at radius 2 is 2.05 bits per heavy atom. The van der Waals surface area contributed by atoms with Crippen molar-refractivity contribution in [3.8, 4) is 17.0 Å². The van der Waals surface area contributed by atoms with Crippen LogP contribution in [0.5, 0.6) is 5.75 Å². The number of benzene rings is 1. The minimum absolute atomic E-state index is 0.0284. The number of carbonyl (C=O) groups excluding carboxylic acids is 1. The molecule has 206 valence electrons. The zero-order valence-electron chi connectivity index (χ0n) is 23.5. The number of fused-ring (bicyclic) bond motifs is 9. The van der Waals surface area contributed by atoms with Crippen LogP contribution in [0.2, 0.25) is 0 Å². The molecule has 9 nitrogen and oxygen atoms in total. The number of aliphatic hydroxyl groups excluding tert-OH is 1. The molecule has 7 rings (SSSR count). The summed E-state index contributed by atoms with van der Waals surface area (Å²) >= 11 is 0. The van der Waals surface area contributed by atoms with Crippen molar-refractivity contribution in [3.63, 3.8) is 0 Å². The van der Waals surface area contributed by atoms with Crippen LogP contribution in [0.25, 0.3) is 16.9 Å². The normalized spacial score (nSPS) is 26.6. The van der Waals surface area contributed by atoms with Crippen LogP contribution in [-0.2, 0) is 5.54 Å². The second-order valence-electron chi connectivity index (χ2n) is 10.4. The van der Waals surface area contributed by atoms with Gasteiger partial charge in [0.05, 0.1) is 35.3 Å². The van der Waals surface area contributed by atoms with Crippen molar-refractivity contribution >= 4 is 11.6 Å². The van der Waals surface area contributed by atoms with Gasteiger partial charge in [0.25, 0.3) is 5.91 Å². The lowest BCUT2D eigenvalue weighted by molar-refractivity contribution is -0.0505. The van der Waals surface area contributed by atoms with E-state index in [0.29, 0.717) is 10.5 Å². The van der Waals surface area contributed by atoms with Crippen molar-refractivity contribution in [2.45, 2.75) is 49.5 Å². The third-order valence-corrected chi connectivity index (χ3v) is 7.93. The van der Waals surface area contributed by atoms with Crippen LogP contribution in [0.4, 0.5) is 17.6 Å². The van der Waals surface area contributed by atoms with Crippen LogP contribution in [0, 0.1) is 11.6 Å². The minimum Gasteiger partial charge on any atom is -0.434 e. The maximum absolute atomic E-state index is 15.4. The summed E-state index contributed by atoms with van der Waals surface area (Å²) in [5.41, 5.74) is 4.99. The summed E-state index contributed by atoms with van der Waals surface area (Å²) in [6.07, 6.45) is 1.72. The number of aliphatic hydroxyl groups is 1. The maximum Gasteiger partial charge on any atom is 0.387 e. The van der Waals surface area contributed by atoms with Crippen molar-refractivity contribution < 1.29 is 36.3 Å². The smallest absolute Gasteiger partial charge is 0.387 e. The van der Waals surface area contributed by atoms with Gasteiger partial charge in [-0.2, -0.15) is 13.9 Å². The van der Waals surface area contributed by atoms with E-state index in [4.69, 9.17) is 14.6 Å². The predicted molar refractivity (Wildman–Crippen MR) is 132 cm³/mol. The van der Waals surface area contributed by atoms with E-state index in [-0.39, 0.29) is 64.4 Å².